The Bertz CT molecular complexity index is 1120. The van der Waals surface area contributed by atoms with Crippen molar-refractivity contribution in [1.82, 2.24) is 4.57 Å². The molecular weight excluding hydrogens is 398 g/mol. The van der Waals surface area contributed by atoms with Crippen LogP contribution in [-0.4, -0.2) is 21.6 Å². The van der Waals surface area contributed by atoms with Crippen molar-refractivity contribution in [3.8, 4) is 0 Å². The Labute approximate surface area is 161 Å². The molecule has 5 nitrogen and oxygen atoms in total. The summed E-state index contributed by atoms with van der Waals surface area (Å²) in [5.74, 6) is -4.03. The summed E-state index contributed by atoms with van der Waals surface area (Å²) < 4.78 is 28.9. The predicted octanol–water partition coefficient (Wildman–Crippen LogP) is 4.41. The Hall–Kier alpha value is -2.58. The van der Waals surface area contributed by atoms with Gasteiger partial charge in [-0.05, 0) is 24.6 Å². The highest BCUT2D eigenvalue weighted by molar-refractivity contribution is 7.16. The molecule has 0 radical (unpaired) electrons. The third-order valence-corrected chi connectivity index (χ3v) is 5.30. The summed E-state index contributed by atoms with van der Waals surface area (Å²) in [6, 6.07) is 7.05. The second kappa shape index (κ2) is 7.58. The molecule has 1 heterocycles. The molecule has 0 aliphatic carbocycles. The van der Waals surface area contributed by atoms with Gasteiger partial charge in [-0.3, -0.25) is 4.79 Å². The van der Waals surface area contributed by atoms with Gasteiger partial charge in [-0.25, -0.2) is 13.6 Å². The molecule has 3 aromatic rings. The van der Waals surface area contributed by atoms with Gasteiger partial charge in [0.15, 0.2) is 16.4 Å². The highest BCUT2D eigenvalue weighted by atomic mass is 35.5. The van der Waals surface area contributed by atoms with Crippen molar-refractivity contribution >= 4 is 45.0 Å². The molecule has 1 aromatic heterocycles. The monoisotopic (exact) mass is 410 g/mol. The van der Waals surface area contributed by atoms with Gasteiger partial charge >= 0.3 is 5.97 Å². The Morgan fingerprint density at radius 3 is 2.56 bits per heavy atom. The van der Waals surface area contributed by atoms with Crippen molar-refractivity contribution in [2.45, 2.75) is 19.4 Å². The number of carbonyl (C=O) groups excluding carboxylic acids is 1. The second-order valence-corrected chi connectivity index (χ2v) is 7.06. The molecule has 0 bridgehead atoms. The van der Waals surface area contributed by atoms with Crippen LogP contribution in [0.3, 0.4) is 0 Å². The van der Waals surface area contributed by atoms with Gasteiger partial charge in [0.1, 0.15) is 6.04 Å². The number of hydrogen-bond acceptors (Lipinski definition) is 3. The lowest BCUT2D eigenvalue weighted by molar-refractivity contribution is -0.140. The van der Waals surface area contributed by atoms with Crippen LogP contribution in [0.25, 0.3) is 10.2 Å². The maximum absolute atomic E-state index is 13.7. The number of hydrogen-bond donors (Lipinski definition) is 1. The van der Waals surface area contributed by atoms with Crippen molar-refractivity contribution in [3.63, 3.8) is 0 Å². The molecule has 9 heteroatoms. The smallest absolute Gasteiger partial charge is 0.326 e. The van der Waals surface area contributed by atoms with Gasteiger partial charge in [0.25, 0.3) is 5.91 Å². The Kier molecular flexibility index (Phi) is 5.38. The number of aliphatic carboxylic acids is 1. The van der Waals surface area contributed by atoms with Crippen molar-refractivity contribution in [1.29, 1.82) is 0 Å². The molecule has 2 aromatic carbocycles. The number of benzene rings is 2. The van der Waals surface area contributed by atoms with Gasteiger partial charge in [-0.15, -0.1) is 0 Å². The summed E-state index contributed by atoms with van der Waals surface area (Å²) in [7, 11) is 0. The number of rotatable bonds is 4. The molecule has 0 fully saturated rings. The number of fused-ring (bicyclic) bond motifs is 1. The van der Waals surface area contributed by atoms with Crippen LogP contribution < -0.4 is 4.80 Å². The minimum Gasteiger partial charge on any atom is -0.480 e. The van der Waals surface area contributed by atoms with E-state index < -0.39 is 29.6 Å². The summed E-state index contributed by atoms with van der Waals surface area (Å²) in [5, 5.41) is 9.71. The Morgan fingerprint density at radius 1 is 1.26 bits per heavy atom. The molecule has 0 saturated heterocycles. The number of aromatic nitrogens is 1. The third kappa shape index (κ3) is 3.63. The molecule has 3 rings (SSSR count). The van der Waals surface area contributed by atoms with E-state index >= 15 is 0 Å². The largest absolute Gasteiger partial charge is 0.480 e. The van der Waals surface area contributed by atoms with Crippen molar-refractivity contribution in [2.75, 3.05) is 0 Å². The van der Waals surface area contributed by atoms with Crippen LogP contribution in [0.15, 0.2) is 41.4 Å². The van der Waals surface area contributed by atoms with Gasteiger partial charge in [0.2, 0.25) is 0 Å². The summed E-state index contributed by atoms with van der Waals surface area (Å²) in [6.45, 7) is 1.63. The highest BCUT2D eigenvalue weighted by Crippen LogP contribution is 2.25. The van der Waals surface area contributed by atoms with Crippen LogP contribution >= 0.6 is 22.9 Å². The molecular formula is C18H13ClF2N2O3S. The molecule has 1 atom stereocenters. The summed E-state index contributed by atoms with van der Waals surface area (Å²) in [4.78, 5) is 28.2. The van der Waals surface area contributed by atoms with Crippen LogP contribution in [0, 0.1) is 11.6 Å². The van der Waals surface area contributed by atoms with Crippen LogP contribution in [0.4, 0.5) is 8.78 Å². The van der Waals surface area contributed by atoms with Gasteiger partial charge in [-0.1, -0.05) is 42.0 Å². The van der Waals surface area contributed by atoms with Gasteiger partial charge in [0, 0.05) is 6.07 Å². The molecule has 1 N–H and O–H groups in total. The first kappa shape index (κ1) is 19.2. The fourth-order valence-corrected chi connectivity index (χ4v) is 3.96. The zero-order valence-electron chi connectivity index (χ0n) is 13.9. The minimum absolute atomic E-state index is 0.0224. The third-order valence-electron chi connectivity index (χ3n) is 3.95. The van der Waals surface area contributed by atoms with E-state index in [0.29, 0.717) is 0 Å². The lowest BCUT2D eigenvalue weighted by Gasteiger charge is -2.13. The average Bonchev–Trinajstić information content (AvgIpc) is 2.93. The fourth-order valence-electron chi connectivity index (χ4n) is 2.67. The van der Waals surface area contributed by atoms with Gasteiger partial charge in [-0.2, -0.15) is 4.99 Å². The number of carboxylic acid groups (broad SMARTS) is 1. The fraction of sp³-hybridized carbons (Fsp3) is 0.167. The topological polar surface area (TPSA) is 71.7 Å². The number of thiazole rings is 1. The van der Waals surface area contributed by atoms with E-state index in [9.17, 15) is 23.5 Å². The first-order valence-corrected chi connectivity index (χ1v) is 9.09. The molecule has 140 valence electrons. The SMILES string of the molecule is CCC(C(=O)O)n1c(=NC(=O)c2ccccc2Cl)sc2cc(F)c(F)cc21. The quantitative estimate of drug-likeness (QED) is 0.692. The lowest BCUT2D eigenvalue weighted by Crippen LogP contribution is -2.27. The van der Waals surface area contributed by atoms with E-state index in [-0.39, 0.29) is 32.0 Å². The minimum atomic E-state index is -1.17. The van der Waals surface area contributed by atoms with Crippen LogP contribution in [-0.2, 0) is 4.79 Å². The number of carbonyl (C=O) groups is 2. The van der Waals surface area contributed by atoms with E-state index in [1.165, 1.54) is 16.7 Å². The van der Waals surface area contributed by atoms with Crippen LogP contribution in [0.2, 0.25) is 5.02 Å². The zero-order valence-corrected chi connectivity index (χ0v) is 15.5. The average molecular weight is 411 g/mol. The van der Waals surface area contributed by atoms with Crippen molar-refractivity contribution < 1.29 is 23.5 Å². The molecule has 0 aliphatic rings. The molecule has 0 aliphatic heterocycles. The molecule has 1 unspecified atom stereocenters. The van der Waals surface area contributed by atoms with Gasteiger partial charge < -0.3 is 9.67 Å². The standard InChI is InChI=1S/C18H13ClF2N2O3S/c1-2-13(17(25)26)23-14-7-11(20)12(21)8-15(14)27-18(23)22-16(24)9-5-3-4-6-10(9)19/h3-8,13H,2H2,1H3,(H,25,26). The Balaban J connectivity index is 2.30. The number of amides is 1. The van der Waals surface area contributed by atoms with E-state index in [0.717, 1.165) is 23.5 Å². The molecule has 1 amide bonds. The predicted molar refractivity (Wildman–Crippen MR) is 98.0 cm³/mol. The Morgan fingerprint density at radius 2 is 1.93 bits per heavy atom. The highest BCUT2D eigenvalue weighted by Gasteiger charge is 2.23. The maximum atomic E-state index is 13.7. The number of nitrogens with zero attached hydrogens (tertiary/aromatic N) is 2. The van der Waals surface area contributed by atoms with E-state index in [1.54, 1.807) is 19.1 Å². The summed E-state index contributed by atoms with van der Waals surface area (Å²) in [6.07, 6.45) is 0.160. The molecule has 0 saturated carbocycles. The zero-order chi connectivity index (χ0) is 19.7. The molecule has 27 heavy (non-hydrogen) atoms. The summed E-state index contributed by atoms with van der Waals surface area (Å²) in [5.41, 5.74) is 0.294. The van der Waals surface area contributed by atoms with E-state index in [2.05, 4.69) is 4.99 Å². The van der Waals surface area contributed by atoms with Gasteiger partial charge in [0.05, 0.1) is 20.8 Å². The summed E-state index contributed by atoms with van der Waals surface area (Å²) >= 11 is 6.91. The first-order chi connectivity index (χ1) is 12.8. The van der Waals surface area contributed by atoms with E-state index in [1.807, 2.05) is 0 Å². The van der Waals surface area contributed by atoms with Crippen LogP contribution in [0.5, 0.6) is 0 Å². The van der Waals surface area contributed by atoms with Crippen molar-refractivity contribution in [3.05, 3.63) is 63.4 Å². The number of carboxylic acids is 1. The number of halogens is 3. The lowest BCUT2D eigenvalue weighted by atomic mass is 10.2. The van der Waals surface area contributed by atoms with Crippen LogP contribution in [0.1, 0.15) is 29.7 Å². The van der Waals surface area contributed by atoms with Crippen molar-refractivity contribution in [2.24, 2.45) is 4.99 Å². The van der Waals surface area contributed by atoms with E-state index in [4.69, 9.17) is 11.6 Å². The molecule has 0 spiro atoms. The normalized spacial score (nSPS) is 13.1. The first-order valence-electron chi connectivity index (χ1n) is 7.90. The second-order valence-electron chi connectivity index (χ2n) is 5.65. The maximum Gasteiger partial charge on any atom is 0.326 e.